The third-order valence-electron chi connectivity index (χ3n) is 1.92. The maximum Gasteiger partial charge on any atom is 0.139 e. The van der Waals surface area contributed by atoms with E-state index in [4.69, 9.17) is 22.4 Å². The molecule has 0 atom stereocenters. The van der Waals surface area contributed by atoms with Crippen molar-refractivity contribution in [3.8, 4) is 5.75 Å². The van der Waals surface area contributed by atoms with Gasteiger partial charge in [0.2, 0.25) is 0 Å². The first kappa shape index (κ1) is 15.1. The van der Waals surface area contributed by atoms with E-state index in [-0.39, 0.29) is 17.8 Å². The number of aliphatic hydroxyl groups is 1. The summed E-state index contributed by atoms with van der Waals surface area (Å²) in [6, 6.07) is 3.20. The second-order valence-corrected chi connectivity index (χ2v) is 4.86. The quantitative estimate of drug-likeness (QED) is 0.486. The molecule has 0 amide bonds. The maximum atomic E-state index is 9.28. The molecule has 0 saturated carbocycles. The predicted octanol–water partition coefficient (Wildman–Crippen LogP) is 2.92. The van der Waals surface area contributed by atoms with E-state index in [1.165, 1.54) is 6.07 Å². The molecule has 0 aliphatic rings. The third-order valence-corrected chi connectivity index (χ3v) is 2.24. The van der Waals surface area contributed by atoms with Crippen molar-refractivity contribution in [2.75, 3.05) is 12.3 Å². The zero-order valence-electron chi connectivity index (χ0n) is 10.2. The van der Waals surface area contributed by atoms with Gasteiger partial charge in [-0.15, -0.1) is 0 Å². The average Bonchev–Trinajstić information content (AvgIpc) is 2.10. The second kappa shape index (κ2) is 5.97. The summed E-state index contributed by atoms with van der Waals surface area (Å²) in [6.45, 7) is 8.07. The number of nitrogens with two attached hydrogens (primary N) is 1. The summed E-state index contributed by atoms with van der Waals surface area (Å²) in [4.78, 5) is 0. The van der Waals surface area contributed by atoms with Gasteiger partial charge in [0.15, 0.2) is 0 Å². The smallest absolute Gasteiger partial charge is 0.139 e. The van der Waals surface area contributed by atoms with Crippen molar-refractivity contribution < 1.29 is 10.2 Å². The molecule has 4 N–H and O–H groups in total. The molecular formula is C12H20ClNO2. The summed E-state index contributed by atoms with van der Waals surface area (Å²) in [5, 5.41) is 17.4. The van der Waals surface area contributed by atoms with Gasteiger partial charge in [0.25, 0.3) is 0 Å². The van der Waals surface area contributed by atoms with Crippen LogP contribution in [-0.2, 0) is 5.41 Å². The third kappa shape index (κ3) is 4.29. The lowest BCUT2D eigenvalue weighted by atomic mass is 9.86. The highest BCUT2D eigenvalue weighted by Gasteiger charge is 2.18. The first-order valence-corrected chi connectivity index (χ1v) is 5.51. The van der Waals surface area contributed by atoms with E-state index in [0.717, 1.165) is 5.56 Å². The van der Waals surface area contributed by atoms with Gasteiger partial charge in [-0.05, 0) is 24.0 Å². The molecule has 0 fully saturated rings. The van der Waals surface area contributed by atoms with Crippen LogP contribution in [0.3, 0.4) is 0 Å². The molecule has 0 aromatic heterocycles. The van der Waals surface area contributed by atoms with Crippen LogP contribution in [0.1, 0.15) is 33.3 Å². The Labute approximate surface area is 102 Å². The van der Waals surface area contributed by atoms with Crippen molar-refractivity contribution >= 4 is 17.3 Å². The van der Waals surface area contributed by atoms with Crippen LogP contribution in [0, 0.1) is 0 Å². The average molecular weight is 246 g/mol. The SMILES string of the molecule is CC(C)(C)c1cc(N)c(O)cc1Cl.CCO. The van der Waals surface area contributed by atoms with E-state index in [1.54, 1.807) is 13.0 Å². The Morgan fingerprint density at radius 1 is 1.31 bits per heavy atom. The molecule has 0 aliphatic heterocycles. The molecule has 92 valence electrons. The molecule has 4 heteroatoms. The van der Waals surface area contributed by atoms with Crippen LogP contribution in [0.15, 0.2) is 12.1 Å². The molecule has 0 aliphatic carbocycles. The number of aromatic hydroxyl groups is 1. The topological polar surface area (TPSA) is 66.5 Å². The fraction of sp³-hybridized carbons (Fsp3) is 0.500. The van der Waals surface area contributed by atoms with E-state index in [1.807, 2.05) is 20.8 Å². The Kier molecular flexibility index (Phi) is 5.62. The first-order chi connectivity index (χ1) is 7.23. The van der Waals surface area contributed by atoms with Crippen LogP contribution in [0.4, 0.5) is 5.69 Å². The monoisotopic (exact) mass is 245 g/mol. The van der Waals surface area contributed by atoms with E-state index < -0.39 is 0 Å². The molecule has 0 unspecified atom stereocenters. The van der Waals surface area contributed by atoms with Crippen LogP contribution in [0.5, 0.6) is 5.75 Å². The fourth-order valence-corrected chi connectivity index (χ4v) is 1.60. The van der Waals surface area contributed by atoms with Gasteiger partial charge in [0.1, 0.15) is 5.75 Å². The molecule has 0 heterocycles. The number of phenols is 1. The highest BCUT2D eigenvalue weighted by atomic mass is 35.5. The van der Waals surface area contributed by atoms with E-state index in [0.29, 0.717) is 10.7 Å². The standard InChI is InChI=1S/C10H14ClNO.C2H6O/c1-10(2,3)6-4-8(12)9(13)5-7(6)11;1-2-3/h4-5,13H,12H2,1-3H3;3H,2H2,1H3. The summed E-state index contributed by atoms with van der Waals surface area (Å²) < 4.78 is 0. The van der Waals surface area contributed by atoms with Gasteiger partial charge in [-0.2, -0.15) is 0 Å². The number of halogens is 1. The number of nitrogen functional groups attached to an aromatic ring is 1. The van der Waals surface area contributed by atoms with Gasteiger partial charge < -0.3 is 15.9 Å². The number of phenolic OH excluding ortho intramolecular Hbond substituents is 1. The molecule has 0 radical (unpaired) electrons. The van der Waals surface area contributed by atoms with Gasteiger partial charge >= 0.3 is 0 Å². The number of benzene rings is 1. The zero-order valence-corrected chi connectivity index (χ0v) is 11.0. The van der Waals surface area contributed by atoms with Crippen LogP contribution in [-0.4, -0.2) is 16.8 Å². The Hall–Kier alpha value is -0.930. The van der Waals surface area contributed by atoms with Gasteiger partial charge in [-0.3, -0.25) is 0 Å². The summed E-state index contributed by atoms with van der Waals surface area (Å²) in [5.41, 5.74) is 6.84. The van der Waals surface area contributed by atoms with Crippen molar-refractivity contribution in [2.45, 2.75) is 33.1 Å². The predicted molar refractivity (Wildman–Crippen MR) is 69.0 cm³/mol. The first-order valence-electron chi connectivity index (χ1n) is 5.13. The molecule has 1 aromatic rings. The Morgan fingerprint density at radius 3 is 2.12 bits per heavy atom. The highest BCUT2D eigenvalue weighted by molar-refractivity contribution is 6.31. The minimum atomic E-state index is -0.0566. The molecule has 1 aromatic carbocycles. The van der Waals surface area contributed by atoms with Crippen molar-refractivity contribution in [3.05, 3.63) is 22.7 Å². The molecule has 0 bridgehead atoms. The zero-order chi connectivity index (χ0) is 12.9. The lowest BCUT2D eigenvalue weighted by Gasteiger charge is -2.21. The summed E-state index contributed by atoms with van der Waals surface area (Å²) in [6.07, 6.45) is 0. The van der Waals surface area contributed by atoms with Crippen LogP contribution >= 0.6 is 11.6 Å². The Morgan fingerprint density at radius 2 is 1.75 bits per heavy atom. The molecular weight excluding hydrogens is 226 g/mol. The van der Waals surface area contributed by atoms with Crippen LogP contribution in [0.2, 0.25) is 5.02 Å². The van der Waals surface area contributed by atoms with Gasteiger partial charge in [0, 0.05) is 17.7 Å². The van der Waals surface area contributed by atoms with Crippen molar-refractivity contribution in [1.82, 2.24) is 0 Å². The van der Waals surface area contributed by atoms with Crippen molar-refractivity contribution in [1.29, 1.82) is 0 Å². The lowest BCUT2D eigenvalue weighted by molar-refractivity contribution is 0.318. The normalized spacial score (nSPS) is 10.6. The van der Waals surface area contributed by atoms with Gasteiger partial charge in [-0.25, -0.2) is 0 Å². The van der Waals surface area contributed by atoms with Crippen LogP contribution in [0.25, 0.3) is 0 Å². The van der Waals surface area contributed by atoms with Crippen molar-refractivity contribution in [2.24, 2.45) is 0 Å². The molecule has 1 rings (SSSR count). The number of rotatable bonds is 0. The fourth-order valence-electron chi connectivity index (χ4n) is 1.15. The van der Waals surface area contributed by atoms with E-state index in [9.17, 15) is 5.11 Å². The number of hydrogen-bond donors (Lipinski definition) is 3. The minimum absolute atomic E-state index is 0.0398. The maximum absolute atomic E-state index is 9.28. The molecule has 3 nitrogen and oxygen atoms in total. The minimum Gasteiger partial charge on any atom is -0.506 e. The number of anilines is 1. The van der Waals surface area contributed by atoms with Gasteiger partial charge in [-0.1, -0.05) is 32.4 Å². The highest BCUT2D eigenvalue weighted by Crippen LogP contribution is 2.35. The number of hydrogen-bond acceptors (Lipinski definition) is 3. The van der Waals surface area contributed by atoms with E-state index in [2.05, 4.69) is 0 Å². The Bertz CT molecular complexity index is 346. The molecule has 0 spiro atoms. The lowest BCUT2D eigenvalue weighted by Crippen LogP contribution is -2.12. The summed E-state index contributed by atoms with van der Waals surface area (Å²) in [5.74, 6) is 0.0398. The van der Waals surface area contributed by atoms with Crippen molar-refractivity contribution in [3.63, 3.8) is 0 Å². The Balaban J connectivity index is 0.000000673. The van der Waals surface area contributed by atoms with E-state index >= 15 is 0 Å². The second-order valence-electron chi connectivity index (χ2n) is 4.46. The van der Waals surface area contributed by atoms with Gasteiger partial charge in [0.05, 0.1) is 5.69 Å². The molecule has 0 saturated heterocycles. The number of aliphatic hydroxyl groups excluding tert-OH is 1. The molecule has 16 heavy (non-hydrogen) atoms. The largest absolute Gasteiger partial charge is 0.506 e. The summed E-state index contributed by atoms with van der Waals surface area (Å²) >= 11 is 5.97. The van der Waals surface area contributed by atoms with Crippen LogP contribution < -0.4 is 5.73 Å². The summed E-state index contributed by atoms with van der Waals surface area (Å²) in [7, 11) is 0.